The van der Waals surface area contributed by atoms with Crippen LogP contribution in [-0.4, -0.2) is 36.8 Å². The molecule has 0 saturated heterocycles. The molecule has 1 amide bonds. The van der Waals surface area contributed by atoms with E-state index in [0.29, 0.717) is 22.9 Å². The summed E-state index contributed by atoms with van der Waals surface area (Å²) in [6.07, 6.45) is 2.81. The number of pyridine rings is 1. The van der Waals surface area contributed by atoms with Crippen molar-refractivity contribution >= 4 is 17.2 Å². The van der Waals surface area contributed by atoms with E-state index in [0.717, 1.165) is 16.8 Å². The Kier molecular flexibility index (Phi) is 5.47. The van der Waals surface area contributed by atoms with Crippen LogP contribution in [0.1, 0.15) is 6.92 Å². The van der Waals surface area contributed by atoms with E-state index in [1.807, 2.05) is 78.9 Å². The van der Waals surface area contributed by atoms with Crippen molar-refractivity contribution in [3.05, 3.63) is 91.3 Å². The molecule has 3 aromatic heterocycles. The van der Waals surface area contributed by atoms with E-state index < -0.39 is 6.10 Å². The maximum absolute atomic E-state index is 12.5. The topological polar surface area (TPSA) is 94.3 Å². The summed E-state index contributed by atoms with van der Waals surface area (Å²) in [5.41, 5.74) is 3.81. The van der Waals surface area contributed by atoms with Crippen molar-refractivity contribution in [3.63, 3.8) is 0 Å². The SMILES string of the molecule is CC(Oc1ccccc1)C(=O)Nc1ccc(-c2ccc3nnc(-c4cccnc4)n3n2)cc1. The van der Waals surface area contributed by atoms with Crippen molar-refractivity contribution in [3.8, 4) is 28.4 Å². The molecule has 0 aliphatic rings. The largest absolute Gasteiger partial charge is 0.481 e. The maximum Gasteiger partial charge on any atom is 0.265 e. The van der Waals surface area contributed by atoms with Crippen molar-refractivity contribution < 1.29 is 9.53 Å². The molecule has 33 heavy (non-hydrogen) atoms. The number of benzene rings is 2. The molecule has 5 aromatic rings. The molecule has 0 aliphatic heterocycles. The first-order chi connectivity index (χ1) is 16.2. The van der Waals surface area contributed by atoms with Crippen LogP contribution in [0.2, 0.25) is 0 Å². The maximum atomic E-state index is 12.5. The van der Waals surface area contributed by atoms with Gasteiger partial charge in [-0.25, -0.2) is 0 Å². The number of nitrogens with one attached hydrogen (secondary N) is 1. The van der Waals surface area contributed by atoms with Crippen molar-refractivity contribution in [2.45, 2.75) is 13.0 Å². The minimum Gasteiger partial charge on any atom is -0.481 e. The van der Waals surface area contributed by atoms with Gasteiger partial charge in [0.15, 0.2) is 17.6 Å². The predicted octanol–water partition coefficient (Wildman–Crippen LogP) is 4.26. The van der Waals surface area contributed by atoms with Gasteiger partial charge in [0.25, 0.3) is 5.91 Å². The number of aromatic nitrogens is 5. The summed E-state index contributed by atoms with van der Waals surface area (Å²) in [7, 11) is 0. The molecule has 162 valence electrons. The molecule has 0 bridgehead atoms. The molecule has 0 radical (unpaired) electrons. The molecule has 8 heteroatoms. The van der Waals surface area contributed by atoms with E-state index >= 15 is 0 Å². The van der Waals surface area contributed by atoms with Gasteiger partial charge in [0, 0.05) is 29.2 Å². The number of nitrogens with zero attached hydrogens (tertiary/aromatic N) is 5. The lowest BCUT2D eigenvalue weighted by Gasteiger charge is -2.14. The summed E-state index contributed by atoms with van der Waals surface area (Å²) in [4.78, 5) is 16.6. The van der Waals surface area contributed by atoms with Crippen LogP contribution < -0.4 is 10.1 Å². The second-order valence-electron chi connectivity index (χ2n) is 7.39. The van der Waals surface area contributed by atoms with Crippen LogP contribution in [0, 0.1) is 0 Å². The third-order valence-corrected chi connectivity index (χ3v) is 5.06. The fraction of sp³-hybridized carbons (Fsp3) is 0.0800. The summed E-state index contributed by atoms with van der Waals surface area (Å²) in [6.45, 7) is 1.72. The van der Waals surface area contributed by atoms with Gasteiger partial charge >= 0.3 is 0 Å². The van der Waals surface area contributed by atoms with Crippen LogP contribution in [0.25, 0.3) is 28.3 Å². The second kappa shape index (κ2) is 8.88. The van der Waals surface area contributed by atoms with Gasteiger partial charge in [-0.1, -0.05) is 30.3 Å². The van der Waals surface area contributed by atoms with Gasteiger partial charge in [-0.2, -0.15) is 9.61 Å². The molecular weight excluding hydrogens is 416 g/mol. The van der Waals surface area contributed by atoms with E-state index in [1.165, 1.54) is 0 Å². The molecule has 0 saturated carbocycles. The number of rotatable bonds is 6. The highest BCUT2D eigenvalue weighted by molar-refractivity contribution is 5.94. The lowest BCUT2D eigenvalue weighted by Crippen LogP contribution is -2.30. The number of anilines is 1. The normalized spacial score (nSPS) is 11.8. The van der Waals surface area contributed by atoms with E-state index in [4.69, 9.17) is 9.84 Å². The van der Waals surface area contributed by atoms with Gasteiger partial charge in [0.05, 0.1) is 5.69 Å². The minimum atomic E-state index is -0.629. The first kappa shape index (κ1) is 20.3. The number of para-hydroxylation sites is 1. The first-order valence-corrected chi connectivity index (χ1v) is 10.4. The number of carbonyl (C=O) groups is 1. The Hall–Kier alpha value is -4.59. The average Bonchev–Trinajstić information content (AvgIpc) is 3.29. The molecule has 0 aliphatic carbocycles. The number of amides is 1. The van der Waals surface area contributed by atoms with Crippen LogP contribution in [0.5, 0.6) is 5.75 Å². The molecular formula is C25H20N6O2. The number of fused-ring (bicyclic) bond motifs is 1. The predicted molar refractivity (Wildman–Crippen MR) is 125 cm³/mol. The zero-order chi connectivity index (χ0) is 22.6. The molecule has 0 spiro atoms. The summed E-state index contributed by atoms with van der Waals surface area (Å²) in [5.74, 6) is 1.05. The Bertz CT molecular complexity index is 1390. The van der Waals surface area contributed by atoms with Gasteiger partial charge in [-0.15, -0.1) is 10.2 Å². The Morgan fingerprint density at radius 2 is 1.73 bits per heavy atom. The number of hydrogen-bond donors (Lipinski definition) is 1. The molecule has 1 unspecified atom stereocenters. The van der Waals surface area contributed by atoms with Crippen molar-refractivity contribution in [1.82, 2.24) is 24.8 Å². The molecule has 5 rings (SSSR count). The highest BCUT2D eigenvalue weighted by Crippen LogP contribution is 2.22. The van der Waals surface area contributed by atoms with E-state index in [2.05, 4.69) is 20.5 Å². The summed E-state index contributed by atoms with van der Waals surface area (Å²) in [6, 6.07) is 24.3. The number of hydrogen-bond acceptors (Lipinski definition) is 6. The van der Waals surface area contributed by atoms with Crippen LogP contribution >= 0.6 is 0 Å². The Balaban J connectivity index is 1.32. The molecule has 1 atom stereocenters. The minimum absolute atomic E-state index is 0.225. The van der Waals surface area contributed by atoms with E-state index in [9.17, 15) is 4.79 Å². The summed E-state index contributed by atoms with van der Waals surface area (Å²) >= 11 is 0. The highest BCUT2D eigenvalue weighted by Gasteiger charge is 2.15. The van der Waals surface area contributed by atoms with E-state index in [1.54, 1.807) is 23.8 Å². The van der Waals surface area contributed by atoms with Crippen LogP contribution in [0.4, 0.5) is 5.69 Å². The van der Waals surface area contributed by atoms with Crippen molar-refractivity contribution in [2.24, 2.45) is 0 Å². The summed E-state index contributed by atoms with van der Waals surface area (Å²) in [5, 5.41) is 16.0. The zero-order valence-corrected chi connectivity index (χ0v) is 17.8. The van der Waals surface area contributed by atoms with E-state index in [-0.39, 0.29) is 5.91 Å². The first-order valence-electron chi connectivity index (χ1n) is 10.4. The quantitative estimate of drug-likeness (QED) is 0.427. The molecule has 8 nitrogen and oxygen atoms in total. The fourth-order valence-corrected chi connectivity index (χ4v) is 3.34. The fourth-order valence-electron chi connectivity index (χ4n) is 3.34. The number of ether oxygens (including phenoxy) is 1. The molecule has 2 aromatic carbocycles. The molecule has 1 N–H and O–H groups in total. The van der Waals surface area contributed by atoms with Gasteiger partial charge in [0.2, 0.25) is 0 Å². The zero-order valence-electron chi connectivity index (χ0n) is 17.8. The van der Waals surface area contributed by atoms with Crippen LogP contribution in [0.15, 0.2) is 91.3 Å². The second-order valence-corrected chi connectivity index (χ2v) is 7.39. The Labute approximate surface area is 189 Å². The monoisotopic (exact) mass is 436 g/mol. The lowest BCUT2D eigenvalue weighted by atomic mass is 10.1. The van der Waals surface area contributed by atoms with Crippen LogP contribution in [0.3, 0.4) is 0 Å². The van der Waals surface area contributed by atoms with Gasteiger partial charge < -0.3 is 10.1 Å². The highest BCUT2D eigenvalue weighted by atomic mass is 16.5. The van der Waals surface area contributed by atoms with Crippen molar-refractivity contribution in [2.75, 3.05) is 5.32 Å². The third kappa shape index (κ3) is 4.40. The Morgan fingerprint density at radius 3 is 2.48 bits per heavy atom. The Morgan fingerprint density at radius 1 is 0.909 bits per heavy atom. The van der Waals surface area contributed by atoms with Gasteiger partial charge in [0.1, 0.15) is 5.75 Å². The summed E-state index contributed by atoms with van der Waals surface area (Å²) < 4.78 is 7.38. The molecule has 3 heterocycles. The average molecular weight is 436 g/mol. The number of carbonyl (C=O) groups excluding carboxylic acids is 1. The van der Waals surface area contributed by atoms with Gasteiger partial charge in [-0.05, 0) is 55.5 Å². The molecule has 0 fully saturated rings. The standard InChI is InChI=1S/C25H20N6O2/c1-17(33-21-7-3-2-4-8-21)25(32)27-20-11-9-18(10-12-20)22-13-14-23-28-29-24(31(23)30-22)19-6-5-15-26-16-19/h2-17H,1H3,(H,27,32). The van der Waals surface area contributed by atoms with Gasteiger partial charge in [-0.3, -0.25) is 9.78 Å². The smallest absolute Gasteiger partial charge is 0.265 e. The van der Waals surface area contributed by atoms with Crippen LogP contribution in [-0.2, 0) is 4.79 Å². The lowest BCUT2D eigenvalue weighted by molar-refractivity contribution is -0.122. The third-order valence-electron chi connectivity index (χ3n) is 5.06. The van der Waals surface area contributed by atoms with Crippen molar-refractivity contribution in [1.29, 1.82) is 0 Å².